The van der Waals surface area contributed by atoms with Crippen LogP contribution >= 0.6 is 0 Å². The largest absolute Gasteiger partial charge is 0.381 e. The van der Waals surface area contributed by atoms with Crippen LogP contribution in [0.3, 0.4) is 0 Å². The molecule has 3 aromatic rings. The number of nitrogens with zero attached hydrogens (tertiary/aromatic N) is 4. The molecule has 0 radical (unpaired) electrons. The molecule has 1 aliphatic heterocycles. The Kier molecular flexibility index (Phi) is 5.37. The zero-order valence-electron chi connectivity index (χ0n) is 17.3. The van der Waals surface area contributed by atoms with E-state index >= 15 is 0 Å². The highest BCUT2D eigenvalue weighted by Crippen LogP contribution is 2.35. The topological polar surface area (TPSA) is 112 Å². The number of nitrogens with one attached hydrogen (secondary N) is 1. The van der Waals surface area contributed by atoms with Crippen LogP contribution in [0.2, 0.25) is 0 Å². The third-order valence-electron chi connectivity index (χ3n) is 6.09. The summed E-state index contributed by atoms with van der Waals surface area (Å²) in [5.41, 5.74) is 7.28. The maximum Gasteiger partial charge on any atom is 0.270 e. The lowest BCUT2D eigenvalue weighted by Gasteiger charge is -2.27. The first kappa shape index (κ1) is 21.2. The van der Waals surface area contributed by atoms with Crippen molar-refractivity contribution in [2.24, 2.45) is 5.92 Å². The van der Waals surface area contributed by atoms with Crippen LogP contribution in [0.15, 0.2) is 30.6 Å². The third kappa shape index (κ3) is 3.62. The lowest BCUT2D eigenvalue weighted by molar-refractivity contribution is -0.0883. The van der Waals surface area contributed by atoms with Crippen LogP contribution in [-0.4, -0.2) is 39.0 Å². The van der Waals surface area contributed by atoms with Gasteiger partial charge in [-0.3, -0.25) is 4.40 Å². The average molecular weight is 426 g/mol. The van der Waals surface area contributed by atoms with Crippen molar-refractivity contribution in [1.82, 2.24) is 19.7 Å². The highest BCUT2D eigenvalue weighted by Gasteiger charge is 2.35. The van der Waals surface area contributed by atoms with Crippen molar-refractivity contribution in [3.63, 3.8) is 0 Å². The Bertz CT molecular complexity index is 1170. The van der Waals surface area contributed by atoms with Crippen LogP contribution in [-0.2, 0) is 5.60 Å². The van der Waals surface area contributed by atoms with Gasteiger partial charge in [0.1, 0.15) is 5.60 Å². The van der Waals surface area contributed by atoms with Gasteiger partial charge in [0.2, 0.25) is 0 Å². The second-order valence-corrected chi connectivity index (χ2v) is 8.20. The van der Waals surface area contributed by atoms with Crippen molar-refractivity contribution in [2.45, 2.75) is 38.2 Å². The van der Waals surface area contributed by atoms with Crippen LogP contribution < -0.4 is 11.1 Å². The first-order chi connectivity index (χ1) is 14.7. The molecule has 3 unspecified atom stereocenters. The summed E-state index contributed by atoms with van der Waals surface area (Å²) < 4.78 is 28.5. The van der Waals surface area contributed by atoms with E-state index in [0.717, 1.165) is 25.5 Å². The molecule has 0 bridgehead atoms. The fraction of sp³-hybridized carbons (Fsp3) is 0.409. The molecular weight excluding hydrogens is 402 g/mol. The second-order valence-electron chi connectivity index (χ2n) is 8.20. The van der Waals surface area contributed by atoms with Crippen molar-refractivity contribution >= 4 is 11.5 Å². The fourth-order valence-electron chi connectivity index (χ4n) is 4.07. The Morgan fingerprint density at radius 3 is 2.90 bits per heavy atom. The van der Waals surface area contributed by atoms with Crippen LogP contribution in [0.1, 0.15) is 36.1 Å². The lowest BCUT2D eigenvalue weighted by atomic mass is 9.85. The maximum atomic E-state index is 13.4. The number of nitrogens with two attached hydrogens (primary N) is 1. The quantitative estimate of drug-likeness (QED) is 0.591. The van der Waals surface area contributed by atoms with Gasteiger partial charge in [-0.1, -0.05) is 12.1 Å². The number of aryl methyl sites for hydroxylation is 1. The third-order valence-corrected chi connectivity index (χ3v) is 6.09. The normalized spacial score (nSPS) is 21.2. The fourth-order valence-corrected chi connectivity index (χ4v) is 4.07. The van der Waals surface area contributed by atoms with E-state index in [1.54, 1.807) is 22.7 Å². The molecule has 4 N–H and O–H groups in total. The van der Waals surface area contributed by atoms with Crippen LogP contribution in [0, 0.1) is 24.2 Å². The van der Waals surface area contributed by atoms with E-state index in [1.165, 1.54) is 6.07 Å². The molecule has 2 aromatic heterocycles. The number of piperidine rings is 1. The van der Waals surface area contributed by atoms with Crippen molar-refractivity contribution in [3.05, 3.63) is 47.4 Å². The molecule has 1 aromatic carbocycles. The van der Waals surface area contributed by atoms with Gasteiger partial charge in [-0.05, 0) is 44.0 Å². The highest BCUT2D eigenvalue weighted by atomic mass is 19.3. The molecule has 31 heavy (non-hydrogen) atoms. The number of rotatable bonds is 4. The number of nitriles is 1. The average Bonchev–Trinajstić information content (AvgIpc) is 3.18. The zero-order valence-corrected chi connectivity index (χ0v) is 17.3. The summed E-state index contributed by atoms with van der Waals surface area (Å²) in [4.78, 5) is 8.87. The van der Waals surface area contributed by atoms with Crippen LogP contribution in [0.5, 0.6) is 0 Å². The Balaban J connectivity index is 1.86. The minimum absolute atomic E-state index is 0.112. The number of anilines is 1. The molecule has 1 fully saturated rings. The van der Waals surface area contributed by atoms with E-state index in [-0.39, 0.29) is 23.2 Å². The van der Waals surface area contributed by atoms with Gasteiger partial charge in [-0.15, -0.1) is 0 Å². The lowest BCUT2D eigenvalue weighted by Crippen LogP contribution is -2.35. The Hall–Kier alpha value is -3.09. The van der Waals surface area contributed by atoms with E-state index in [0.29, 0.717) is 29.1 Å². The van der Waals surface area contributed by atoms with Gasteiger partial charge in [0.05, 0.1) is 29.6 Å². The molecule has 0 amide bonds. The van der Waals surface area contributed by atoms with E-state index in [9.17, 15) is 19.1 Å². The molecule has 7 nitrogen and oxygen atoms in total. The number of hydrogen-bond acceptors (Lipinski definition) is 6. The number of benzene rings is 1. The Morgan fingerprint density at radius 2 is 2.19 bits per heavy atom. The predicted octanol–water partition coefficient (Wildman–Crippen LogP) is 2.98. The number of hydrogen-bond donors (Lipinski definition) is 3. The number of imidazole rings is 1. The summed E-state index contributed by atoms with van der Waals surface area (Å²) in [6.07, 6.45) is 1.22. The molecule has 1 aliphatic rings. The standard InChI is InChI=1S/C22H24F2N6O/c1-12-3-4-14(22(2,31)21(23)24)7-15(12)18-10-28-20-19(26)29-17(11-30(18)20)16-9-27-6-5-13(16)8-25/h3-4,7,10-11,13,16,21,27,31H,5-6,9H2,1-2H3,(H2,26,29). The summed E-state index contributed by atoms with van der Waals surface area (Å²) in [7, 11) is 0. The van der Waals surface area contributed by atoms with E-state index in [1.807, 2.05) is 13.1 Å². The van der Waals surface area contributed by atoms with Gasteiger partial charge in [-0.2, -0.15) is 5.26 Å². The highest BCUT2D eigenvalue weighted by molar-refractivity contribution is 5.72. The van der Waals surface area contributed by atoms with Crippen LogP contribution in [0.4, 0.5) is 14.6 Å². The summed E-state index contributed by atoms with van der Waals surface area (Å²) in [6.45, 7) is 4.35. The van der Waals surface area contributed by atoms with Gasteiger partial charge in [-0.25, -0.2) is 18.7 Å². The van der Waals surface area contributed by atoms with Gasteiger partial charge < -0.3 is 16.2 Å². The van der Waals surface area contributed by atoms with Gasteiger partial charge in [0.15, 0.2) is 11.5 Å². The van der Waals surface area contributed by atoms with Crippen molar-refractivity contribution in [1.29, 1.82) is 5.26 Å². The molecule has 0 saturated carbocycles. The molecule has 9 heteroatoms. The summed E-state index contributed by atoms with van der Waals surface area (Å²) in [5, 5.41) is 23.1. The number of alkyl halides is 2. The second kappa shape index (κ2) is 7.87. The van der Waals surface area contributed by atoms with Crippen LogP contribution in [0.25, 0.3) is 16.9 Å². The number of fused-ring (bicyclic) bond motifs is 1. The number of nitrogen functional groups attached to an aromatic ring is 1. The smallest absolute Gasteiger partial charge is 0.270 e. The molecule has 4 rings (SSSR count). The zero-order chi connectivity index (χ0) is 22.3. The Morgan fingerprint density at radius 1 is 1.42 bits per heavy atom. The summed E-state index contributed by atoms with van der Waals surface area (Å²) in [6, 6.07) is 7.11. The molecule has 162 valence electrons. The van der Waals surface area contributed by atoms with Crippen molar-refractivity contribution < 1.29 is 13.9 Å². The van der Waals surface area contributed by atoms with Crippen molar-refractivity contribution in [3.8, 4) is 17.3 Å². The minimum Gasteiger partial charge on any atom is -0.381 e. The molecule has 0 aliphatic carbocycles. The molecule has 3 heterocycles. The summed E-state index contributed by atoms with van der Waals surface area (Å²) >= 11 is 0. The first-order valence-electron chi connectivity index (χ1n) is 10.1. The molecule has 0 spiro atoms. The minimum atomic E-state index is -2.93. The van der Waals surface area contributed by atoms with E-state index in [4.69, 9.17) is 5.73 Å². The van der Waals surface area contributed by atoms with Gasteiger partial charge >= 0.3 is 0 Å². The van der Waals surface area contributed by atoms with Crippen molar-refractivity contribution in [2.75, 3.05) is 18.8 Å². The molecular formula is C22H24F2N6O. The number of halogens is 2. The summed E-state index contributed by atoms with van der Waals surface area (Å²) in [5.74, 6) is -0.0594. The van der Waals surface area contributed by atoms with Gasteiger partial charge in [0, 0.05) is 24.2 Å². The monoisotopic (exact) mass is 426 g/mol. The predicted molar refractivity (Wildman–Crippen MR) is 112 cm³/mol. The SMILES string of the molecule is Cc1ccc(C(C)(O)C(F)F)cc1-c1cnc2c(N)nc(C3CNCCC3C#N)cn12. The van der Waals surface area contributed by atoms with E-state index < -0.39 is 12.0 Å². The maximum absolute atomic E-state index is 13.4. The molecule has 1 saturated heterocycles. The number of aromatic nitrogens is 3. The Labute approximate surface area is 178 Å². The van der Waals surface area contributed by atoms with E-state index in [2.05, 4.69) is 21.4 Å². The molecule has 3 atom stereocenters. The first-order valence-corrected chi connectivity index (χ1v) is 10.1. The van der Waals surface area contributed by atoms with Gasteiger partial charge in [0.25, 0.3) is 6.43 Å². The number of aliphatic hydroxyl groups is 1.